The van der Waals surface area contributed by atoms with Crippen LogP contribution >= 0.6 is 0 Å². The van der Waals surface area contributed by atoms with Gasteiger partial charge in [-0.3, -0.25) is 8.37 Å². The Balaban J connectivity index is 1.73. The summed E-state index contributed by atoms with van der Waals surface area (Å²) in [7, 11) is -8.13. The van der Waals surface area contributed by atoms with Crippen molar-refractivity contribution >= 4 is 20.2 Å². The molecular formula is C26H36O10S2. The summed E-state index contributed by atoms with van der Waals surface area (Å²) in [5, 5.41) is 0. The zero-order valence-electron chi connectivity index (χ0n) is 22.2. The summed E-state index contributed by atoms with van der Waals surface area (Å²) in [5.41, 5.74) is -0.672. The van der Waals surface area contributed by atoms with E-state index in [2.05, 4.69) is 0 Å². The minimum absolute atomic E-state index is 0.000154. The lowest BCUT2D eigenvalue weighted by Crippen LogP contribution is -2.61. The zero-order chi connectivity index (χ0) is 27.9. The Labute approximate surface area is 225 Å². The standard InChI is InChI=1S/C26H36O10S2/c1-5-31-15-25(19-35-37(27,28)23-11-7-21(3)8-12-23)17-34-26(18-33-25,16-32-6-2)20-36-38(29,30)24-13-9-22(4)10-14-24/h7-14H,5-6,15-20H2,1-4H3/t25-,26+. The molecule has 0 bridgehead atoms. The second-order valence-electron chi connectivity index (χ2n) is 9.28. The van der Waals surface area contributed by atoms with Crippen molar-refractivity contribution in [2.24, 2.45) is 0 Å². The molecule has 0 N–H and O–H groups in total. The van der Waals surface area contributed by atoms with Gasteiger partial charge in [0.2, 0.25) is 0 Å². The van der Waals surface area contributed by atoms with E-state index in [4.69, 9.17) is 27.3 Å². The molecule has 2 atom stereocenters. The van der Waals surface area contributed by atoms with E-state index < -0.39 is 31.4 Å². The Morgan fingerprint density at radius 1 is 0.632 bits per heavy atom. The van der Waals surface area contributed by atoms with Gasteiger partial charge in [0.25, 0.3) is 20.2 Å². The average Bonchev–Trinajstić information content (AvgIpc) is 2.90. The molecular weight excluding hydrogens is 536 g/mol. The van der Waals surface area contributed by atoms with Crippen LogP contribution in [-0.4, -0.2) is 80.9 Å². The monoisotopic (exact) mass is 572 g/mol. The van der Waals surface area contributed by atoms with Crippen LogP contribution in [0.5, 0.6) is 0 Å². The maximum absolute atomic E-state index is 12.8. The fourth-order valence-corrected chi connectivity index (χ4v) is 5.51. The van der Waals surface area contributed by atoms with E-state index >= 15 is 0 Å². The highest BCUT2D eigenvalue weighted by Gasteiger charge is 2.47. The molecule has 2 aromatic rings. The van der Waals surface area contributed by atoms with Crippen LogP contribution in [0.2, 0.25) is 0 Å². The minimum Gasteiger partial charge on any atom is -0.379 e. The molecule has 2 aromatic carbocycles. The molecule has 3 rings (SSSR count). The molecule has 1 heterocycles. The van der Waals surface area contributed by atoms with Crippen LogP contribution in [0, 0.1) is 13.8 Å². The molecule has 1 aliphatic rings. The van der Waals surface area contributed by atoms with E-state index in [1.165, 1.54) is 24.3 Å². The van der Waals surface area contributed by atoms with Crippen LogP contribution in [0.25, 0.3) is 0 Å². The number of benzene rings is 2. The highest BCUT2D eigenvalue weighted by atomic mass is 32.2. The number of aryl methyl sites for hydroxylation is 2. The fourth-order valence-electron chi connectivity index (χ4n) is 3.56. The highest BCUT2D eigenvalue weighted by Crippen LogP contribution is 2.30. The van der Waals surface area contributed by atoms with Gasteiger partial charge in [-0.2, -0.15) is 16.8 Å². The van der Waals surface area contributed by atoms with E-state index in [-0.39, 0.29) is 49.4 Å². The first-order valence-corrected chi connectivity index (χ1v) is 15.1. The third-order valence-corrected chi connectivity index (χ3v) is 8.55. The molecule has 0 spiro atoms. The molecule has 0 aliphatic carbocycles. The van der Waals surface area contributed by atoms with Gasteiger partial charge in [-0.15, -0.1) is 0 Å². The smallest absolute Gasteiger partial charge is 0.297 e. The van der Waals surface area contributed by atoms with Crippen LogP contribution in [0.4, 0.5) is 0 Å². The fraction of sp³-hybridized carbons (Fsp3) is 0.538. The van der Waals surface area contributed by atoms with Gasteiger partial charge in [0.1, 0.15) is 24.4 Å². The molecule has 10 nitrogen and oxygen atoms in total. The normalized spacial score (nSPS) is 22.4. The largest absolute Gasteiger partial charge is 0.379 e. The molecule has 0 radical (unpaired) electrons. The first-order valence-electron chi connectivity index (χ1n) is 12.3. The minimum atomic E-state index is -4.07. The van der Waals surface area contributed by atoms with Crippen molar-refractivity contribution in [3.05, 3.63) is 59.7 Å². The maximum atomic E-state index is 12.8. The van der Waals surface area contributed by atoms with Gasteiger partial charge in [0.05, 0.1) is 36.2 Å². The summed E-state index contributed by atoms with van der Waals surface area (Å²) < 4.78 is 85.2. The lowest BCUT2D eigenvalue weighted by atomic mass is 10.0. The highest BCUT2D eigenvalue weighted by molar-refractivity contribution is 7.87. The summed E-state index contributed by atoms with van der Waals surface area (Å²) >= 11 is 0. The van der Waals surface area contributed by atoms with Crippen molar-refractivity contribution in [1.29, 1.82) is 0 Å². The molecule has 0 amide bonds. The molecule has 0 unspecified atom stereocenters. The molecule has 0 aromatic heterocycles. The second-order valence-corrected chi connectivity index (χ2v) is 12.5. The Morgan fingerprint density at radius 3 is 1.26 bits per heavy atom. The van der Waals surface area contributed by atoms with E-state index in [1.807, 2.05) is 13.8 Å². The second kappa shape index (κ2) is 13.0. The average molecular weight is 573 g/mol. The van der Waals surface area contributed by atoms with Crippen LogP contribution in [0.1, 0.15) is 25.0 Å². The summed E-state index contributed by atoms with van der Waals surface area (Å²) in [6.07, 6.45) is 0. The van der Waals surface area contributed by atoms with Crippen molar-refractivity contribution < 1.29 is 44.1 Å². The molecule has 1 aliphatic heterocycles. The lowest BCUT2D eigenvalue weighted by Gasteiger charge is -2.45. The first kappa shape index (κ1) is 30.6. The maximum Gasteiger partial charge on any atom is 0.297 e. The van der Waals surface area contributed by atoms with Crippen molar-refractivity contribution in [1.82, 2.24) is 0 Å². The summed E-state index contributed by atoms with van der Waals surface area (Å²) in [5.74, 6) is 0. The number of hydrogen-bond donors (Lipinski definition) is 0. The Hall–Kier alpha value is -1.90. The van der Waals surface area contributed by atoms with Crippen molar-refractivity contribution in [2.75, 3.05) is 52.9 Å². The van der Waals surface area contributed by atoms with E-state index in [0.717, 1.165) is 11.1 Å². The molecule has 0 saturated carbocycles. The predicted octanol–water partition coefficient (Wildman–Crippen LogP) is 3.01. The lowest BCUT2D eigenvalue weighted by molar-refractivity contribution is -0.273. The van der Waals surface area contributed by atoms with Gasteiger partial charge in [-0.25, -0.2) is 0 Å². The van der Waals surface area contributed by atoms with Gasteiger partial charge in [-0.1, -0.05) is 35.4 Å². The van der Waals surface area contributed by atoms with Gasteiger partial charge in [0.15, 0.2) is 0 Å². The molecule has 38 heavy (non-hydrogen) atoms. The van der Waals surface area contributed by atoms with Crippen LogP contribution in [-0.2, 0) is 47.5 Å². The van der Waals surface area contributed by atoms with Crippen LogP contribution < -0.4 is 0 Å². The SMILES string of the molecule is CCOC[C@@]1(COS(=O)(=O)c2ccc(C)cc2)CO[C@@](COCC)(COS(=O)(=O)c2ccc(C)cc2)CO1. The number of hydrogen-bond acceptors (Lipinski definition) is 10. The van der Waals surface area contributed by atoms with E-state index in [1.54, 1.807) is 38.1 Å². The van der Waals surface area contributed by atoms with Crippen LogP contribution in [0.15, 0.2) is 58.3 Å². The van der Waals surface area contributed by atoms with Gasteiger partial charge >= 0.3 is 0 Å². The quantitative estimate of drug-likeness (QED) is 0.312. The molecule has 212 valence electrons. The Morgan fingerprint density at radius 2 is 0.974 bits per heavy atom. The summed E-state index contributed by atoms with van der Waals surface area (Å²) in [6.45, 7) is 7.00. The summed E-state index contributed by atoms with van der Waals surface area (Å²) in [4.78, 5) is 0.0404. The van der Waals surface area contributed by atoms with Crippen LogP contribution in [0.3, 0.4) is 0 Å². The number of ether oxygens (including phenoxy) is 4. The van der Waals surface area contributed by atoms with E-state index in [0.29, 0.717) is 13.2 Å². The molecule has 12 heteroatoms. The molecule has 1 fully saturated rings. The Kier molecular flexibility index (Phi) is 10.5. The van der Waals surface area contributed by atoms with Gasteiger partial charge in [0, 0.05) is 13.2 Å². The Bertz CT molecular complexity index is 1130. The predicted molar refractivity (Wildman–Crippen MR) is 139 cm³/mol. The zero-order valence-corrected chi connectivity index (χ0v) is 23.8. The van der Waals surface area contributed by atoms with Crippen molar-refractivity contribution in [3.8, 4) is 0 Å². The van der Waals surface area contributed by atoms with Crippen molar-refractivity contribution in [2.45, 2.75) is 48.7 Å². The third-order valence-electron chi connectivity index (χ3n) is 5.99. The summed E-state index contributed by atoms with van der Waals surface area (Å²) in [6, 6.07) is 12.6. The molecule has 1 saturated heterocycles. The van der Waals surface area contributed by atoms with Gasteiger partial charge in [-0.05, 0) is 52.0 Å². The van der Waals surface area contributed by atoms with E-state index in [9.17, 15) is 16.8 Å². The first-order chi connectivity index (χ1) is 17.9. The van der Waals surface area contributed by atoms with Gasteiger partial charge < -0.3 is 18.9 Å². The van der Waals surface area contributed by atoms with Crippen molar-refractivity contribution in [3.63, 3.8) is 0 Å². The number of rotatable bonds is 14. The third kappa shape index (κ3) is 8.06. The topological polar surface area (TPSA) is 124 Å².